The van der Waals surface area contributed by atoms with Gasteiger partial charge in [-0.05, 0) is 47.0 Å². The van der Waals surface area contributed by atoms with E-state index in [1.54, 1.807) is 19.2 Å². The fourth-order valence-corrected chi connectivity index (χ4v) is 4.12. The van der Waals surface area contributed by atoms with Gasteiger partial charge in [0.15, 0.2) is 0 Å². The third-order valence-electron chi connectivity index (χ3n) is 2.99. The number of hydrogen-bond donors (Lipinski definition) is 2. The highest BCUT2D eigenvalue weighted by atomic mass is 79.9. The van der Waals surface area contributed by atoms with Crippen molar-refractivity contribution in [2.24, 2.45) is 0 Å². The smallest absolute Gasteiger partial charge is 0.242 e. The first-order valence-corrected chi connectivity index (χ1v) is 7.80. The number of nitrogens with two attached hydrogens (primary N) is 1. The monoisotopic (exact) mass is 334 g/mol. The molecule has 18 heavy (non-hydrogen) atoms. The van der Waals surface area contributed by atoms with Gasteiger partial charge in [-0.25, -0.2) is 13.1 Å². The average Bonchev–Trinajstić information content (AvgIpc) is 2.26. The van der Waals surface area contributed by atoms with Crippen molar-refractivity contribution >= 4 is 31.6 Å². The molecule has 0 aromatic heterocycles. The van der Waals surface area contributed by atoms with Gasteiger partial charge in [0, 0.05) is 23.3 Å². The van der Waals surface area contributed by atoms with Crippen LogP contribution >= 0.6 is 15.9 Å². The molecule has 1 aromatic carbocycles. The predicted molar refractivity (Wildman–Crippen MR) is 72.7 cm³/mol. The van der Waals surface area contributed by atoms with E-state index in [4.69, 9.17) is 10.5 Å². The first kappa shape index (κ1) is 13.8. The second kappa shape index (κ2) is 5.16. The molecule has 1 saturated carbocycles. The van der Waals surface area contributed by atoms with E-state index in [9.17, 15) is 8.42 Å². The van der Waals surface area contributed by atoms with Crippen LogP contribution in [0, 0.1) is 0 Å². The summed E-state index contributed by atoms with van der Waals surface area (Å²) in [4.78, 5) is 0.170. The molecule has 1 fully saturated rings. The van der Waals surface area contributed by atoms with Gasteiger partial charge in [0.2, 0.25) is 10.0 Å². The molecule has 0 heterocycles. The highest BCUT2D eigenvalue weighted by molar-refractivity contribution is 9.10. The van der Waals surface area contributed by atoms with Crippen molar-refractivity contribution in [3.63, 3.8) is 0 Å². The van der Waals surface area contributed by atoms with Gasteiger partial charge >= 0.3 is 0 Å². The molecule has 1 aliphatic carbocycles. The van der Waals surface area contributed by atoms with Crippen LogP contribution in [-0.2, 0) is 14.8 Å². The number of benzene rings is 1. The molecule has 5 nitrogen and oxygen atoms in total. The molecule has 2 rings (SSSR count). The third-order valence-corrected chi connectivity index (χ3v) is 5.51. The minimum atomic E-state index is -3.54. The Bertz CT molecular complexity index is 541. The predicted octanol–water partition coefficient (Wildman–Crippen LogP) is 1.49. The molecule has 0 atom stereocenters. The van der Waals surface area contributed by atoms with E-state index in [-0.39, 0.29) is 17.0 Å². The highest BCUT2D eigenvalue weighted by Gasteiger charge is 2.33. The summed E-state index contributed by atoms with van der Waals surface area (Å²) in [7, 11) is -1.91. The SMILES string of the molecule is COC1CC(NS(=O)(=O)c2cc(N)ccc2Br)C1. The summed E-state index contributed by atoms with van der Waals surface area (Å²) in [6, 6.07) is 4.66. The van der Waals surface area contributed by atoms with Crippen molar-refractivity contribution in [3.05, 3.63) is 22.7 Å². The van der Waals surface area contributed by atoms with Gasteiger partial charge < -0.3 is 10.5 Å². The molecule has 3 N–H and O–H groups in total. The molecule has 0 aliphatic heterocycles. The van der Waals surface area contributed by atoms with Gasteiger partial charge in [-0.1, -0.05) is 0 Å². The van der Waals surface area contributed by atoms with Gasteiger partial charge in [-0.15, -0.1) is 0 Å². The Labute approximate surface area is 115 Å². The van der Waals surface area contributed by atoms with Gasteiger partial charge in [0.05, 0.1) is 11.0 Å². The van der Waals surface area contributed by atoms with Crippen LogP contribution in [0.1, 0.15) is 12.8 Å². The van der Waals surface area contributed by atoms with Crippen LogP contribution in [-0.4, -0.2) is 27.7 Å². The van der Waals surface area contributed by atoms with Crippen LogP contribution in [0.15, 0.2) is 27.6 Å². The number of hydrogen-bond acceptors (Lipinski definition) is 4. The number of rotatable bonds is 4. The van der Waals surface area contributed by atoms with Crippen LogP contribution < -0.4 is 10.5 Å². The Kier molecular flexibility index (Phi) is 3.96. The lowest BCUT2D eigenvalue weighted by atomic mass is 9.90. The van der Waals surface area contributed by atoms with Gasteiger partial charge in [0.25, 0.3) is 0 Å². The molecule has 0 amide bonds. The normalized spacial score (nSPS) is 23.7. The number of nitrogen functional groups attached to an aromatic ring is 1. The summed E-state index contributed by atoms with van der Waals surface area (Å²) in [5.74, 6) is 0. The van der Waals surface area contributed by atoms with Crippen molar-refractivity contribution in [1.29, 1.82) is 0 Å². The van der Waals surface area contributed by atoms with Crippen molar-refractivity contribution < 1.29 is 13.2 Å². The van der Waals surface area contributed by atoms with Crippen molar-refractivity contribution in [2.75, 3.05) is 12.8 Å². The lowest BCUT2D eigenvalue weighted by Gasteiger charge is -2.34. The fourth-order valence-electron chi connectivity index (χ4n) is 1.86. The molecule has 0 spiro atoms. The Morgan fingerprint density at radius 1 is 1.44 bits per heavy atom. The maximum atomic E-state index is 12.2. The van der Waals surface area contributed by atoms with Crippen LogP contribution in [0.25, 0.3) is 0 Å². The Morgan fingerprint density at radius 2 is 2.11 bits per heavy atom. The highest BCUT2D eigenvalue weighted by Crippen LogP contribution is 2.28. The van der Waals surface area contributed by atoms with E-state index < -0.39 is 10.0 Å². The van der Waals surface area contributed by atoms with Crippen molar-refractivity contribution in [2.45, 2.75) is 29.9 Å². The molecule has 0 saturated heterocycles. The average molecular weight is 335 g/mol. The molecule has 1 aromatic rings. The largest absolute Gasteiger partial charge is 0.399 e. The number of sulfonamides is 1. The summed E-state index contributed by atoms with van der Waals surface area (Å²) in [6.07, 6.45) is 1.56. The quantitative estimate of drug-likeness (QED) is 0.817. The van der Waals surface area contributed by atoms with E-state index in [0.29, 0.717) is 23.0 Å². The van der Waals surface area contributed by atoms with Gasteiger partial charge in [-0.2, -0.15) is 0 Å². The molecule has 0 bridgehead atoms. The van der Waals surface area contributed by atoms with E-state index in [0.717, 1.165) is 0 Å². The summed E-state index contributed by atoms with van der Waals surface area (Å²) >= 11 is 3.22. The molecular formula is C11H15BrN2O3S. The molecule has 7 heteroatoms. The fraction of sp³-hybridized carbons (Fsp3) is 0.455. The minimum Gasteiger partial charge on any atom is -0.399 e. The summed E-state index contributed by atoms with van der Waals surface area (Å²) in [5.41, 5.74) is 6.03. The lowest BCUT2D eigenvalue weighted by molar-refractivity contribution is 0.0236. The van der Waals surface area contributed by atoms with Gasteiger partial charge in [-0.3, -0.25) is 0 Å². The zero-order valence-electron chi connectivity index (χ0n) is 9.89. The summed E-state index contributed by atoms with van der Waals surface area (Å²) < 4.78 is 32.6. The van der Waals surface area contributed by atoms with Gasteiger partial charge in [0.1, 0.15) is 0 Å². The number of anilines is 1. The third kappa shape index (κ3) is 2.85. The second-order valence-electron chi connectivity index (χ2n) is 4.34. The Balaban J connectivity index is 2.14. The minimum absolute atomic E-state index is 0.0618. The molecule has 100 valence electrons. The summed E-state index contributed by atoms with van der Waals surface area (Å²) in [6.45, 7) is 0. The number of ether oxygens (including phenoxy) is 1. The molecule has 1 aliphatic rings. The van der Waals surface area contributed by atoms with Crippen LogP contribution in [0.3, 0.4) is 0 Å². The number of methoxy groups -OCH3 is 1. The van der Waals surface area contributed by atoms with E-state index in [2.05, 4.69) is 20.7 Å². The zero-order chi connectivity index (χ0) is 13.3. The van der Waals surface area contributed by atoms with E-state index >= 15 is 0 Å². The Hall–Kier alpha value is -0.630. The van der Waals surface area contributed by atoms with Crippen LogP contribution in [0.4, 0.5) is 5.69 Å². The maximum Gasteiger partial charge on any atom is 0.242 e. The standard InChI is InChI=1S/C11H15BrN2O3S/c1-17-9-5-8(6-9)14-18(15,16)11-4-7(13)2-3-10(11)12/h2-4,8-9,14H,5-6,13H2,1H3. The van der Waals surface area contributed by atoms with E-state index in [1.807, 2.05) is 0 Å². The molecule has 0 unspecified atom stereocenters. The number of nitrogens with one attached hydrogen (secondary N) is 1. The first-order chi connectivity index (χ1) is 8.42. The summed E-state index contributed by atoms with van der Waals surface area (Å²) in [5, 5.41) is 0. The number of halogens is 1. The van der Waals surface area contributed by atoms with Crippen LogP contribution in [0.5, 0.6) is 0 Å². The van der Waals surface area contributed by atoms with Crippen molar-refractivity contribution in [3.8, 4) is 0 Å². The lowest BCUT2D eigenvalue weighted by Crippen LogP contribution is -2.47. The zero-order valence-corrected chi connectivity index (χ0v) is 12.3. The first-order valence-electron chi connectivity index (χ1n) is 5.52. The van der Waals surface area contributed by atoms with Crippen molar-refractivity contribution in [1.82, 2.24) is 4.72 Å². The van der Waals surface area contributed by atoms with Crippen LogP contribution in [0.2, 0.25) is 0 Å². The second-order valence-corrected chi connectivity index (χ2v) is 6.87. The molecular weight excluding hydrogens is 320 g/mol. The molecule has 0 radical (unpaired) electrons. The van der Waals surface area contributed by atoms with E-state index in [1.165, 1.54) is 6.07 Å². The topological polar surface area (TPSA) is 81.4 Å². The maximum absolute atomic E-state index is 12.2. The Morgan fingerprint density at radius 3 is 2.72 bits per heavy atom.